The molecule has 1 aliphatic carbocycles. The number of ether oxygens (including phenoxy) is 1. The summed E-state index contributed by atoms with van der Waals surface area (Å²) in [5.74, 6) is -1.54. The van der Waals surface area contributed by atoms with Gasteiger partial charge < -0.3 is 15.6 Å². The van der Waals surface area contributed by atoms with Gasteiger partial charge in [-0.05, 0) is 25.0 Å². The smallest absolute Gasteiger partial charge is 0.478 e. The minimum Gasteiger partial charge on any atom is -0.478 e. The van der Waals surface area contributed by atoms with Crippen LogP contribution in [0.3, 0.4) is 0 Å². The van der Waals surface area contributed by atoms with E-state index in [9.17, 15) is 23.1 Å². The second-order valence-electron chi connectivity index (χ2n) is 5.45. The molecule has 0 amide bonds. The molecule has 0 bridgehead atoms. The van der Waals surface area contributed by atoms with Crippen LogP contribution in [0.5, 0.6) is 5.75 Å². The van der Waals surface area contributed by atoms with Gasteiger partial charge in [0.1, 0.15) is 11.3 Å². The maximum absolute atomic E-state index is 12.4. The summed E-state index contributed by atoms with van der Waals surface area (Å²) in [6, 6.07) is 5.25. The lowest BCUT2D eigenvalue weighted by atomic mass is 10.1. The molecule has 1 saturated carbocycles. The monoisotopic (exact) mass is 341 g/mol. The molecule has 6 nitrogen and oxygen atoms in total. The van der Waals surface area contributed by atoms with Crippen molar-refractivity contribution in [3.63, 3.8) is 0 Å². The van der Waals surface area contributed by atoms with Gasteiger partial charge in [-0.1, -0.05) is 6.07 Å². The van der Waals surface area contributed by atoms with Crippen molar-refractivity contribution in [3.05, 3.63) is 41.2 Å². The number of aromatic carboxylic acids is 1. The molecule has 1 aliphatic rings. The molecule has 0 saturated heterocycles. The normalized spacial score (nSPS) is 14.7. The van der Waals surface area contributed by atoms with E-state index in [-0.39, 0.29) is 23.7 Å². The van der Waals surface area contributed by atoms with E-state index in [0.29, 0.717) is 11.4 Å². The second-order valence-corrected chi connectivity index (χ2v) is 5.45. The predicted molar refractivity (Wildman–Crippen MR) is 77.1 cm³/mol. The third-order valence-electron chi connectivity index (χ3n) is 3.66. The third-order valence-corrected chi connectivity index (χ3v) is 3.66. The summed E-state index contributed by atoms with van der Waals surface area (Å²) in [6.07, 6.45) is -3.21. The molecule has 2 aromatic rings. The predicted octanol–water partition coefficient (Wildman–Crippen LogP) is 2.81. The lowest BCUT2D eigenvalue weighted by Crippen LogP contribution is -2.17. The van der Waals surface area contributed by atoms with Gasteiger partial charge in [0.25, 0.3) is 0 Å². The summed E-state index contributed by atoms with van der Waals surface area (Å²) in [5, 5.41) is 13.6. The standard InChI is InChI=1S/C15H14F3N3O3/c16-15(17,18)24-10-3-1-2-9(6-10)21-13(8-4-5-8)12(14(22)23)11(7-19)20-21/h1-3,6,8H,4-5,7,19H2,(H,22,23). The molecule has 0 spiro atoms. The van der Waals surface area contributed by atoms with E-state index < -0.39 is 18.1 Å². The average Bonchev–Trinajstić information content (AvgIpc) is 3.24. The molecule has 1 heterocycles. The topological polar surface area (TPSA) is 90.4 Å². The number of carbonyl (C=O) groups is 1. The first-order valence-electron chi connectivity index (χ1n) is 7.21. The van der Waals surface area contributed by atoms with E-state index in [1.807, 2.05) is 0 Å². The quantitative estimate of drug-likeness (QED) is 0.873. The van der Waals surface area contributed by atoms with Crippen molar-refractivity contribution >= 4 is 5.97 Å². The third kappa shape index (κ3) is 3.21. The summed E-state index contributed by atoms with van der Waals surface area (Å²) in [6.45, 7) is -0.0763. The highest BCUT2D eigenvalue weighted by Crippen LogP contribution is 2.43. The minimum atomic E-state index is -4.81. The largest absolute Gasteiger partial charge is 0.573 e. The van der Waals surface area contributed by atoms with Crippen molar-refractivity contribution in [2.75, 3.05) is 0 Å². The lowest BCUT2D eigenvalue weighted by molar-refractivity contribution is -0.274. The molecule has 0 atom stereocenters. The first-order valence-corrected chi connectivity index (χ1v) is 7.21. The minimum absolute atomic E-state index is 0.0103. The highest BCUT2D eigenvalue weighted by atomic mass is 19.4. The molecule has 0 unspecified atom stereocenters. The van der Waals surface area contributed by atoms with Crippen LogP contribution in [0.15, 0.2) is 24.3 Å². The highest BCUT2D eigenvalue weighted by molar-refractivity contribution is 5.91. The maximum Gasteiger partial charge on any atom is 0.573 e. The van der Waals surface area contributed by atoms with Gasteiger partial charge in [0, 0.05) is 18.5 Å². The van der Waals surface area contributed by atoms with Gasteiger partial charge in [-0.25, -0.2) is 9.48 Å². The van der Waals surface area contributed by atoms with Crippen LogP contribution in [0, 0.1) is 0 Å². The number of carboxylic acids is 1. The molecule has 1 aromatic carbocycles. The van der Waals surface area contributed by atoms with Gasteiger partial charge in [0.15, 0.2) is 0 Å². The number of hydrogen-bond acceptors (Lipinski definition) is 4. The van der Waals surface area contributed by atoms with E-state index in [1.165, 1.54) is 22.9 Å². The van der Waals surface area contributed by atoms with Crippen molar-refractivity contribution in [1.82, 2.24) is 9.78 Å². The van der Waals surface area contributed by atoms with E-state index in [4.69, 9.17) is 5.73 Å². The number of hydrogen-bond donors (Lipinski definition) is 2. The number of benzene rings is 1. The molecular weight excluding hydrogens is 327 g/mol. The van der Waals surface area contributed by atoms with E-state index in [0.717, 1.165) is 18.9 Å². The van der Waals surface area contributed by atoms with Crippen LogP contribution < -0.4 is 10.5 Å². The highest BCUT2D eigenvalue weighted by Gasteiger charge is 2.35. The number of rotatable bonds is 5. The van der Waals surface area contributed by atoms with Crippen molar-refractivity contribution < 1.29 is 27.8 Å². The number of alkyl halides is 3. The average molecular weight is 341 g/mol. The number of nitrogens with zero attached hydrogens (tertiary/aromatic N) is 2. The fourth-order valence-electron chi connectivity index (χ4n) is 2.60. The first kappa shape index (κ1) is 16.3. The number of carboxylic acid groups (broad SMARTS) is 1. The van der Waals surface area contributed by atoms with Crippen LogP contribution in [0.2, 0.25) is 0 Å². The van der Waals surface area contributed by atoms with E-state index >= 15 is 0 Å². The zero-order chi connectivity index (χ0) is 17.5. The van der Waals surface area contributed by atoms with Gasteiger partial charge in [0.05, 0.1) is 17.1 Å². The van der Waals surface area contributed by atoms with Crippen molar-refractivity contribution in [2.24, 2.45) is 5.73 Å². The van der Waals surface area contributed by atoms with Crippen LogP contribution in [0.25, 0.3) is 5.69 Å². The molecule has 128 valence electrons. The van der Waals surface area contributed by atoms with Gasteiger partial charge in [0.2, 0.25) is 0 Å². The van der Waals surface area contributed by atoms with E-state index in [1.54, 1.807) is 0 Å². The molecular formula is C15H14F3N3O3. The molecule has 3 rings (SSSR count). The molecule has 3 N–H and O–H groups in total. The zero-order valence-corrected chi connectivity index (χ0v) is 12.4. The van der Waals surface area contributed by atoms with Gasteiger partial charge in [-0.15, -0.1) is 13.2 Å². The Balaban J connectivity index is 2.09. The number of aromatic nitrogens is 2. The zero-order valence-electron chi connectivity index (χ0n) is 12.4. The number of halogens is 3. The molecule has 24 heavy (non-hydrogen) atoms. The fourth-order valence-corrected chi connectivity index (χ4v) is 2.60. The Bertz CT molecular complexity index is 782. The van der Waals surface area contributed by atoms with Crippen LogP contribution in [-0.4, -0.2) is 27.2 Å². The van der Waals surface area contributed by atoms with Crippen molar-refractivity contribution in [2.45, 2.75) is 31.7 Å². The first-order chi connectivity index (χ1) is 11.3. The van der Waals surface area contributed by atoms with Crippen molar-refractivity contribution in [1.29, 1.82) is 0 Å². The van der Waals surface area contributed by atoms with Crippen LogP contribution >= 0.6 is 0 Å². The van der Waals surface area contributed by atoms with Crippen LogP contribution in [0.4, 0.5) is 13.2 Å². The Morgan fingerprint density at radius 2 is 2.12 bits per heavy atom. The molecule has 0 radical (unpaired) electrons. The van der Waals surface area contributed by atoms with Gasteiger partial charge >= 0.3 is 12.3 Å². The van der Waals surface area contributed by atoms with Crippen LogP contribution in [0.1, 0.15) is 40.5 Å². The summed E-state index contributed by atoms with van der Waals surface area (Å²) in [4.78, 5) is 11.6. The SMILES string of the molecule is NCc1nn(-c2cccc(OC(F)(F)F)c2)c(C2CC2)c1C(=O)O. The fraction of sp³-hybridized carbons (Fsp3) is 0.333. The lowest BCUT2D eigenvalue weighted by Gasteiger charge is -2.11. The Labute approximate surface area is 134 Å². The Kier molecular flexibility index (Phi) is 3.96. The summed E-state index contributed by atoms with van der Waals surface area (Å²) in [5.41, 5.74) is 6.56. The Morgan fingerprint density at radius 3 is 2.67 bits per heavy atom. The Morgan fingerprint density at radius 1 is 1.42 bits per heavy atom. The van der Waals surface area contributed by atoms with Gasteiger partial charge in [-0.2, -0.15) is 5.10 Å². The molecule has 0 aliphatic heterocycles. The molecule has 1 fully saturated rings. The number of nitrogens with two attached hydrogens (primary N) is 1. The second kappa shape index (κ2) is 5.82. The maximum atomic E-state index is 12.4. The molecule has 9 heteroatoms. The summed E-state index contributed by atoms with van der Waals surface area (Å²) < 4.78 is 42.4. The van der Waals surface area contributed by atoms with Crippen molar-refractivity contribution in [3.8, 4) is 11.4 Å². The van der Waals surface area contributed by atoms with Gasteiger partial charge in [-0.3, -0.25) is 0 Å². The summed E-state index contributed by atoms with van der Waals surface area (Å²) in [7, 11) is 0. The Hall–Kier alpha value is -2.55. The van der Waals surface area contributed by atoms with Crippen LogP contribution in [-0.2, 0) is 6.54 Å². The van der Waals surface area contributed by atoms with E-state index in [2.05, 4.69) is 9.84 Å². The summed E-state index contributed by atoms with van der Waals surface area (Å²) >= 11 is 0. The molecule has 1 aromatic heterocycles.